The van der Waals surface area contributed by atoms with Crippen molar-refractivity contribution in [1.29, 1.82) is 0 Å². The number of hydrogen-bond donors (Lipinski definition) is 1. The van der Waals surface area contributed by atoms with Gasteiger partial charge in [0.05, 0.1) is 24.3 Å². The van der Waals surface area contributed by atoms with E-state index in [0.29, 0.717) is 79.4 Å². The van der Waals surface area contributed by atoms with Crippen LogP contribution in [0, 0.1) is 0 Å². The number of ether oxygens (including phenoxy) is 3. The van der Waals surface area contributed by atoms with Gasteiger partial charge in [-0.2, -0.15) is 0 Å². The Hall–Kier alpha value is -5.58. The van der Waals surface area contributed by atoms with Gasteiger partial charge in [-0.15, -0.1) is 0 Å². The lowest BCUT2D eigenvalue weighted by Gasteiger charge is -2.40. The Balaban J connectivity index is 1.17. The number of hydrogen-bond acceptors (Lipinski definition) is 7. The Bertz CT molecular complexity index is 2250. The highest BCUT2D eigenvalue weighted by Gasteiger charge is 2.36. The molecule has 1 fully saturated rings. The molecule has 53 heavy (non-hydrogen) atoms. The smallest absolute Gasteiger partial charge is 0.264 e. The Morgan fingerprint density at radius 2 is 1.53 bits per heavy atom. The molecule has 1 atom stereocenters. The molecule has 5 heterocycles. The molecule has 4 aromatic carbocycles. The van der Waals surface area contributed by atoms with Crippen molar-refractivity contribution >= 4 is 23.2 Å². The number of rotatable bonds is 7. The van der Waals surface area contributed by atoms with Crippen molar-refractivity contribution in [2.45, 2.75) is 44.8 Å². The number of aromatic hydroxyl groups is 1. The number of para-hydroxylation sites is 1. The second-order valence-corrected chi connectivity index (χ2v) is 14.1. The van der Waals surface area contributed by atoms with Gasteiger partial charge in [-0.3, -0.25) is 19.4 Å². The first kappa shape index (κ1) is 31.0. The predicted octanol–water partition coefficient (Wildman–Crippen LogP) is 6.80. The maximum atomic E-state index is 15.2. The van der Waals surface area contributed by atoms with Crippen molar-refractivity contribution in [2.75, 3.05) is 44.5 Å². The number of carbonyl (C=O) groups is 2. The van der Waals surface area contributed by atoms with E-state index in [1.54, 1.807) is 41.3 Å². The van der Waals surface area contributed by atoms with Gasteiger partial charge in [-0.25, -0.2) is 0 Å². The van der Waals surface area contributed by atoms with Gasteiger partial charge in [0.2, 0.25) is 6.75 Å². The minimum Gasteiger partial charge on any atom is -0.508 e. The molecule has 0 radical (unpaired) electrons. The van der Waals surface area contributed by atoms with Gasteiger partial charge < -0.3 is 28.8 Å². The summed E-state index contributed by atoms with van der Waals surface area (Å²) in [5.41, 5.74) is 6.56. The van der Waals surface area contributed by atoms with Crippen LogP contribution in [-0.2, 0) is 30.7 Å². The summed E-state index contributed by atoms with van der Waals surface area (Å²) in [6, 6.07) is 29.3. The first-order valence-corrected chi connectivity index (χ1v) is 18.4. The molecule has 4 aliphatic heterocycles. The summed E-state index contributed by atoms with van der Waals surface area (Å²) in [4.78, 5) is 36.1. The van der Waals surface area contributed by atoms with Crippen LogP contribution >= 0.6 is 0 Å². The van der Waals surface area contributed by atoms with E-state index in [1.807, 2.05) is 53.4 Å². The Morgan fingerprint density at radius 3 is 2.32 bits per heavy atom. The van der Waals surface area contributed by atoms with Crippen molar-refractivity contribution < 1.29 is 31.6 Å². The highest BCUT2D eigenvalue weighted by Crippen LogP contribution is 2.43. The molecule has 0 aliphatic carbocycles. The van der Waals surface area contributed by atoms with Gasteiger partial charge in [0, 0.05) is 67.1 Å². The van der Waals surface area contributed by atoms with Gasteiger partial charge in [0.1, 0.15) is 8.49 Å². The molecular formula is C43H42N4O6. The number of phenols is 1. The molecule has 0 saturated carbocycles. The zero-order valence-electron chi connectivity index (χ0n) is 31.4. The van der Waals surface area contributed by atoms with E-state index < -0.39 is 6.75 Å². The maximum Gasteiger partial charge on any atom is 0.264 e. The molecule has 0 unspecified atom stereocenters. The Kier molecular flexibility index (Phi) is 8.24. The van der Waals surface area contributed by atoms with Crippen LogP contribution in [0.1, 0.15) is 53.1 Å². The normalized spacial score (nSPS) is 19.5. The van der Waals surface area contributed by atoms with Crippen LogP contribution in [0.5, 0.6) is 17.2 Å². The van der Waals surface area contributed by atoms with Crippen LogP contribution in [0.25, 0.3) is 11.3 Å². The Morgan fingerprint density at radius 1 is 0.811 bits per heavy atom. The number of nitrogens with zero attached hydrogens (tertiary/aromatic N) is 4. The quantitative estimate of drug-likeness (QED) is 0.198. The number of benzene rings is 4. The van der Waals surface area contributed by atoms with E-state index in [-0.39, 0.29) is 35.1 Å². The fraction of sp³-hybridized carbons (Fsp3) is 0.302. The summed E-state index contributed by atoms with van der Waals surface area (Å²) >= 11 is 0. The zero-order chi connectivity index (χ0) is 37.7. The molecule has 10 nitrogen and oxygen atoms in total. The van der Waals surface area contributed by atoms with Crippen molar-refractivity contribution in [3.63, 3.8) is 0 Å². The lowest BCUT2D eigenvalue weighted by atomic mass is 9.92. The van der Waals surface area contributed by atoms with Crippen molar-refractivity contribution in [3.05, 3.63) is 125 Å². The summed E-state index contributed by atoms with van der Waals surface area (Å²) in [5, 5.41) is 10.1. The van der Waals surface area contributed by atoms with Crippen molar-refractivity contribution in [1.82, 2.24) is 14.4 Å². The molecule has 0 bridgehead atoms. The number of carbonyl (C=O) groups excluding carboxylic acids is 2. The highest BCUT2D eigenvalue weighted by molar-refractivity contribution is 6.12. The second kappa shape index (κ2) is 14.1. The van der Waals surface area contributed by atoms with Gasteiger partial charge in [-0.1, -0.05) is 42.5 Å². The predicted molar refractivity (Wildman–Crippen MR) is 201 cm³/mol. The minimum absolute atomic E-state index is 0.0986. The van der Waals surface area contributed by atoms with Crippen molar-refractivity contribution in [2.24, 2.45) is 0 Å². The first-order chi connectivity index (χ1) is 26.7. The van der Waals surface area contributed by atoms with Gasteiger partial charge in [0.15, 0.2) is 11.5 Å². The summed E-state index contributed by atoms with van der Waals surface area (Å²) < 4.78 is 35.5. The summed E-state index contributed by atoms with van der Waals surface area (Å²) in [7, 11) is 0. The van der Waals surface area contributed by atoms with Gasteiger partial charge >= 0.3 is 0 Å². The topological polar surface area (TPSA) is 96.7 Å². The molecule has 270 valence electrons. The number of amides is 2. The van der Waals surface area contributed by atoms with E-state index in [0.717, 1.165) is 37.2 Å². The molecule has 4 aliphatic rings. The molecule has 2 amide bonds. The zero-order valence-corrected chi connectivity index (χ0v) is 29.4. The van der Waals surface area contributed by atoms with Crippen LogP contribution in [0.4, 0.5) is 11.4 Å². The summed E-state index contributed by atoms with van der Waals surface area (Å²) in [5.74, 6) is 0.0116. The summed E-state index contributed by atoms with van der Waals surface area (Å²) in [6.07, 6.45) is 3.16. The van der Waals surface area contributed by atoms with E-state index in [4.69, 9.17) is 17.0 Å². The first-order valence-electron chi connectivity index (χ1n) is 19.4. The fourth-order valence-corrected chi connectivity index (χ4v) is 8.21. The number of morpholine rings is 1. The van der Waals surface area contributed by atoms with Crippen LogP contribution in [-0.4, -0.2) is 76.9 Å². The SMILES string of the molecule is [2H]C1([2H])Oc2cc(C(=O)N3Cc4ccccc4C[C@H]3CN3CCOCC3)c(-c3cc(C(=O)N(c4ccccc4)c4ccc(O)cc4)c4n3CCCC4)cc2O1. The maximum absolute atomic E-state index is 15.2. The lowest BCUT2D eigenvalue weighted by Crippen LogP contribution is -2.52. The van der Waals surface area contributed by atoms with E-state index in [1.165, 1.54) is 5.56 Å². The van der Waals surface area contributed by atoms with Crippen molar-refractivity contribution in [3.8, 4) is 28.5 Å². The number of fused-ring (bicyclic) bond motifs is 3. The number of aromatic nitrogens is 1. The standard InChI is InChI=1S/C43H42N4O6/c48-34-15-13-32(14-16-34)47(31-10-2-1-3-11-31)43(50)37-23-39(45-17-7-6-12-38(37)45)35-24-40-41(53-28-52-40)25-36(35)42(49)46-26-30-9-5-4-8-29(30)22-33(46)27-44-18-20-51-21-19-44/h1-5,8-11,13-16,23-25,33,48H,6-7,12,17-22,26-28H2/t33-/m0/s1/i28D2. The van der Waals surface area contributed by atoms with Crippen LogP contribution in [0.2, 0.25) is 0 Å². The van der Waals surface area contributed by atoms with Crippen LogP contribution in [0.3, 0.4) is 0 Å². The monoisotopic (exact) mass is 712 g/mol. The third-order valence-electron chi connectivity index (χ3n) is 10.9. The molecule has 5 aromatic rings. The largest absolute Gasteiger partial charge is 0.508 e. The van der Waals surface area contributed by atoms with E-state index >= 15 is 4.79 Å². The molecule has 10 heteroatoms. The molecular weight excluding hydrogens is 668 g/mol. The van der Waals surface area contributed by atoms with Crippen LogP contribution in [0.15, 0.2) is 97.1 Å². The third kappa shape index (κ3) is 6.32. The van der Waals surface area contributed by atoms with Gasteiger partial charge in [-0.05, 0) is 91.4 Å². The average molecular weight is 713 g/mol. The molecule has 1 N–H and O–H groups in total. The lowest BCUT2D eigenvalue weighted by molar-refractivity contribution is 0.0193. The molecule has 1 aromatic heterocycles. The van der Waals surface area contributed by atoms with Crippen LogP contribution < -0.4 is 14.4 Å². The fourth-order valence-electron chi connectivity index (χ4n) is 8.21. The number of anilines is 2. The third-order valence-corrected chi connectivity index (χ3v) is 10.9. The molecule has 9 rings (SSSR count). The number of phenolic OH excluding ortho intramolecular Hbond substituents is 1. The second-order valence-electron chi connectivity index (χ2n) is 14.1. The minimum atomic E-state index is -2.40. The highest BCUT2D eigenvalue weighted by atomic mass is 16.7. The van der Waals surface area contributed by atoms with Gasteiger partial charge in [0.25, 0.3) is 11.8 Å². The Labute approximate surface area is 311 Å². The van der Waals surface area contributed by atoms with E-state index in [9.17, 15) is 9.90 Å². The molecule has 0 spiro atoms. The molecule has 1 saturated heterocycles. The van der Waals surface area contributed by atoms with E-state index in [2.05, 4.69) is 21.6 Å². The summed E-state index contributed by atoms with van der Waals surface area (Å²) in [6.45, 7) is 2.25. The average Bonchev–Trinajstić information content (AvgIpc) is 3.74.